The van der Waals surface area contributed by atoms with Crippen LogP contribution in [0.2, 0.25) is 0 Å². The lowest BCUT2D eigenvalue weighted by molar-refractivity contribution is -0.114. The Hall–Kier alpha value is -3.71. The van der Waals surface area contributed by atoms with Crippen molar-refractivity contribution in [2.24, 2.45) is 11.8 Å². The Morgan fingerprint density at radius 3 is 2.69 bits per heavy atom. The van der Waals surface area contributed by atoms with Gasteiger partial charge in [-0.15, -0.1) is 0 Å². The lowest BCUT2D eigenvalue weighted by atomic mass is 9.53. The monoisotopic (exact) mass is 504 g/mol. The zero-order valence-electron chi connectivity index (χ0n) is 23.1. The number of hydrogen-bond donors (Lipinski definition) is 0. The third kappa shape index (κ3) is 2.64. The summed E-state index contributed by atoms with van der Waals surface area (Å²) < 4.78 is 0. The maximum Gasteiger partial charge on any atom is 0.160 e. The third-order valence-electron chi connectivity index (χ3n) is 11.0. The molecule has 0 spiro atoms. The lowest BCUT2D eigenvalue weighted by Gasteiger charge is -2.50. The first-order chi connectivity index (χ1) is 18.8. The second-order valence-electron chi connectivity index (χ2n) is 13.3. The Morgan fingerprint density at radius 1 is 0.949 bits per heavy atom. The van der Waals surface area contributed by atoms with Crippen molar-refractivity contribution in [2.45, 2.75) is 58.3 Å². The van der Waals surface area contributed by atoms with Gasteiger partial charge in [0.1, 0.15) is 0 Å². The second-order valence-corrected chi connectivity index (χ2v) is 13.3. The molecule has 1 heteroatoms. The molecule has 0 amide bonds. The average Bonchev–Trinajstić information content (AvgIpc) is 2.92. The summed E-state index contributed by atoms with van der Waals surface area (Å²) in [4.78, 5) is 12.5. The fraction of sp³-hybridized carbons (Fsp3) is 0.289. The molecule has 2 aromatic carbocycles. The molecular formula is C38H32O. The number of aryl methyl sites for hydroxylation is 1. The summed E-state index contributed by atoms with van der Waals surface area (Å²) >= 11 is 0. The van der Waals surface area contributed by atoms with E-state index in [9.17, 15) is 4.79 Å². The summed E-state index contributed by atoms with van der Waals surface area (Å²) in [5.41, 5.74) is 18.8. The molecule has 0 bridgehead atoms. The topological polar surface area (TPSA) is 17.1 Å². The van der Waals surface area contributed by atoms with E-state index in [0.717, 1.165) is 12.8 Å². The minimum atomic E-state index is 0.0636. The zero-order valence-corrected chi connectivity index (χ0v) is 23.1. The Labute approximate surface area is 230 Å². The molecule has 0 radical (unpaired) electrons. The number of rotatable bonds is 0. The number of allylic oxidation sites excluding steroid dienone is 15. The van der Waals surface area contributed by atoms with Gasteiger partial charge in [-0.1, -0.05) is 91.3 Å². The highest BCUT2D eigenvalue weighted by atomic mass is 16.1. The molecule has 3 unspecified atom stereocenters. The molecule has 0 fully saturated rings. The summed E-state index contributed by atoms with van der Waals surface area (Å²) in [6, 6.07) is 9.32. The van der Waals surface area contributed by atoms with Gasteiger partial charge in [0.05, 0.1) is 0 Å². The number of hydrogen-bond acceptors (Lipinski definition) is 1. The van der Waals surface area contributed by atoms with Gasteiger partial charge in [0.15, 0.2) is 5.78 Å². The molecule has 0 N–H and O–H groups in total. The van der Waals surface area contributed by atoms with E-state index in [4.69, 9.17) is 0 Å². The fourth-order valence-electron chi connectivity index (χ4n) is 9.21. The average molecular weight is 505 g/mol. The van der Waals surface area contributed by atoms with E-state index >= 15 is 0 Å². The van der Waals surface area contributed by atoms with Gasteiger partial charge in [0.25, 0.3) is 0 Å². The first-order valence-corrected chi connectivity index (χ1v) is 14.6. The van der Waals surface area contributed by atoms with E-state index in [-0.39, 0.29) is 17.1 Å². The fourth-order valence-corrected chi connectivity index (χ4v) is 9.21. The molecular weight excluding hydrogens is 472 g/mol. The normalized spacial score (nSPS) is 28.7. The molecule has 39 heavy (non-hydrogen) atoms. The van der Waals surface area contributed by atoms with Crippen LogP contribution >= 0.6 is 0 Å². The SMILES string of the molecule is CC1=C2CC(=O)C=C3C=CC4=C(C(=C1)CC1=C4C=C4C5C=Cc6cccc7c(C)cc(c5c67)C(C)(C)C4C1)C32. The summed E-state index contributed by atoms with van der Waals surface area (Å²) in [6.07, 6.45) is 19.1. The predicted octanol–water partition coefficient (Wildman–Crippen LogP) is 8.83. The van der Waals surface area contributed by atoms with Crippen molar-refractivity contribution in [3.05, 3.63) is 133 Å². The second kappa shape index (κ2) is 7.07. The van der Waals surface area contributed by atoms with Crippen molar-refractivity contribution in [3.63, 3.8) is 0 Å². The molecule has 0 saturated carbocycles. The Bertz CT molecular complexity index is 1880. The van der Waals surface area contributed by atoms with Crippen molar-refractivity contribution in [2.75, 3.05) is 0 Å². The summed E-state index contributed by atoms with van der Waals surface area (Å²) in [6.45, 7) is 9.50. The molecule has 0 saturated heterocycles. The third-order valence-corrected chi connectivity index (χ3v) is 11.0. The highest BCUT2D eigenvalue weighted by molar-refractivity contribution is 6.00. The smallest absolute Gasteiger partial charge is 0.160 e. The minimum absolute atomic E-state index is 0.0636. The van der Waals surface area contributed by atoms with Gasteiger partial charge < -0.3 is 0 Å². The largest absolute Gasteiger partial charge is 0.294 e. The van der Waals surface area contributed by atoms with Crippen LogP contribution in [0.15, 0.2) is 111 Å². The Balaban J connectivity index is 1.28. The first-order valence-electron chi connectivity index (χ1n) is 14.6. The standard InChI is InChI=1S/C38H32O/c1-19-12-24-14-23-16-32-31(18-30(23)27-11-9-22-15-25(39)17-29(19)35(22)36(24)27)28-10-8-21-6-5-7-26-20(2)13-33(38(32,3)4)37(28)34(21)26/h5-13,15,18,28,32,35H,14,16-17H2,1-4H3. The molecule has 2 aromatic rings. The van der Waals surface area contributed by atoms with Crippen LogP contribution in [0.25, 0.3) is 16.8 Å². The van der Waals surface area contributed by atoms with Gasteiger partial charge in [0.2, 0.25) is 0 Å². The van der Waals surface area contributed by atoms with E-state index in [0.29, 0.717) is 18.3 Å². The number of benzene rings is 2. The zero-order chi connectivity index (χ0) is 26.4. The van der Waals surface area contributed by atoms with Gasteiger partial charge in [-0.05, 0) is 111 Å². The van der Waals surface area contributed by atoms with E-state index in [1.165, 1.54) is 60.9 Å². The van der Waals surface area contributed by atoms with Crippen LogP contribution in [0.3, 0.4) is 0 Å². The first kappa shape index (κ1) is 22.1. The Kier molecular flexibility index (Phi) is 4.02. The van der Waals surface area contributed by atoms with E-state index in [2.05, 4.69) is 88.4 Å². The molecule has 190 valence electrons. The van der Waals surface area contributed by atoms with Crippen LogP contribution in [0.1, 0.15) is 68.2 Å². The number of carbonyl (C=O) groups excluding carboxylic acids is 1. The van der Waals surface area contributed by atoms with Gasteiger partial charge >= 0.3 is 0 Å². The maximum absolute atomic E-state index is 12.5. The van der Waals surface area contributed by atoms with Gasteiger partial charge in [-0.2, -0.15) is 0 Å². The van der Waals surface area contributed by atoms with Crippen LogP contribution < -0.4 is 0 Å². The summed E-state index contributed by atoms with van der Waals surface area (Å²) in [7, 11) is 0. The number of ketones is 1. The van der Waals surface area contributed by atoms with Crippen LogP contribution in [0.4, 0.5) is 0 Å². The van der Waals surface area contributed by atoms with E-state index in [1.807, 2.05) is 6.08 Å². The van der Waals surface area contributed by atoms with Crippen LogP contribution in [-0.4, -0.2) is 5.78 Å². The van der Waals surface area contributed by atoms with E-state index < -0.39 is 0 Å². The molecule has 7 aliphatic rings. The Morgan fingerprint density at radius 2 is 1.82 bits per heavy atom. The molecule has 0 aliphatic heterocycles. The van der Waals surface area contributed by atoms with Crippen molar-refractivity contribution < 1.29 is 4.79 Å². The van der Waals surface area contributed by atoms with Crippen LogP contribution in [0.5, 0.6) is 0 Å². The highest BCUT2D eigenvalue weighted by Gasteiger charge is 2.48. The number of carbonyl (C=O) groups is 1. The molecule has 1 nitrogen and oxygen atoms in total. The van der Waals surface area contributed by atoms with Crippen molar-refractivity contribution >= 4 is 22.6 Å². The highest BCUT2D eigenvalue weighted by Crippen LogP contribution is 2.61. The quantitative estimate of drug-likeness (QED) is 0.350. The molecule has 0 heterocycles. The summed E-state index contributed by atoms with van der Waals surface area (Å²) in [5, 5.41) is 2.88. The van der Waals surface area contributed by atoms with E-state index in [1.54, 1.807) is 22.3 Å². The van der Waals surface area contributed by atoms with Crippen molar-refractivity contribution in [1.82, 2.24) is 0 Å². The maximum atomic E-state index is 12.5. The van der Waals surface area contributed by atoms with Crippen molar-refractivity contribution in [1.29, 1.82) is 0 Å². The molecule has 3 atom stereocenters. The molecule has 9 rings (SSSR count). The summed E-state index contributed by atoms with van der Waals surface area (Å²) in [5.74, 6) is 1.34. The lowest BCUT2D eigenvalue weighted by Crippen LogP contribution is -2.40. The van der Waals surface area contributed by atoms with Crippen LogP contribution in [-0.2, 0) is 10.2 Å². The van der Waals surface area contributed by atoms with Crippen LogP contribution in [0, 0.1) is 18.8 Å². The minimum Gasteiger partial charge on any atom is -0.294 e. The molecule has 7 aliphatic carbocycles. The number of fused-ring (bicyclic) bond motifs is 3. The molecule has 0 aromatic heterocycles. The van der Waals surface area contributed by atoms with Gasteiger partial charge in [-0.3, -0.25) is 4.79 Å². The van der Waals surface area contributed by atoms with Crippen molar-refractivity contribution in [3.8, 4) is 0 Å². The van der Waals surface area contributed by atoms with Gasteiger partial charge in [-0.25, -0.2) is 0 Å². The predicted molar refractivity (Wildman–Crippen MR) is 159 cm³/mol. The van der Waals surface area contributed by atoms with Gasteiger partial charge in [0, 0.05) is 18.3 Å².